The highest BCUT2D eigenvalue weighted by molar-refractivity contribution is 5.15. The van der Waals surface area contributed by atoms with E-state index < -0.39 is 0 Å². The van der Waals surface area contributed by atoms with Crippen LogP contribution in [-0.4, -0.2) is 28.7 Å². The predicted molar refractivity (Wildman–Crippen MR) is 61.5 cm³/mol. The molecule has 2 rings (SSSR count). The number of hydrogen-bond donors (Lipinski definition) is 1. The van der Waals surface area contributed by atoms with Crippen LogP contribution < -0.4 is 0 Å². The molecular formula is C13H17NO. The summed E-state index contributed by atoms with van der Waals surface area (Å²) in [6, 6.07) is 10.7. The van der Waals surface area contributed by atoms with Crippen molar-refractivity contribution in [3.8, 4) is 0 Å². The summed E-state index contributed by atoms with van der Waals surface area (Å²) in [4.78, 5) is 2.27. The van der Waals surface area contributed by atoms with Gasteiger partial charge >= 0.3 is 0 Å². The van der Waals surface area contributed by atoms with Crippen molar-refractivity contribution < 1.29 is 5.11 Å². The van der Waals surface area contributed by atoms with Gasteiger partial charge in [-0.25, -0.2) is 0 Å². The van der Waals surface area contributed by atoms with Crippen LogP contribution in [0.4, 0.5) is 0 Å². The standard InChI is InChI=1S/C13H17NO/c1-2-12-8-13(15)10-14(12)9-11-6-4-3-5-7-11/h2-7,12-13,15H,1,8-10H2. The van der Waals surface area contributed by atoms with E-state index in [1.54, 1.807) is 0 Å². The van der Waals surface area contributed by atoms with Crippen LogP contribution in [0, 0.1) is 0 Å². The number of nitrogens with zero attached hydrogens (tertiary/aromatic N) is 1. The van der Waals surface area contributed by atoms with Crippen molar-refractivity contribution in [2.75, 3.05) is 6.54 Å². The molecule has 1 N–H and O–H groups in total. The third kappa shape index (κ3) is 2.46. The number of β-amino-alcohol motifs (C(OH)–C–C–N with tert-alkyl or cyclic N) is 1. The second-order valence-electron chi connectivity index (χ2n) is 4.11. The molecule has 2 atom stereocenters. The summed E-state index contributed by atoms with van der Waals surface area (Å²) in [5.74, 6) is 0. The molecule has 0 amide bonds. The summed E-state index contributed by atoms with van der Waals surface area (Å²) in [5, 5.41) is 9.59. The second kappa shape index (κ2) is 4.60. The first-order valence-corrected chi connectivity index (χ1v) is 5.38. The molecule has 0 aliphatic carbocycles. The highest BCUT2D eigenvalue weighted by atomic mass is 16.3. The zero-order valence-electron chi connectivity index (χ0n) is 8.84. The van der Waals surface area contributed by atoms with Gasteiger partial charge in [0.25, 0.3) is 0 Å². The van der Waals surface area contributed by atoms with Gasteiger partial charge in [-0.05, 0) is 12.0 Å². The van der Waals surface area contributed by atoms with Gasteiger partial charge in [-0.15, -0.1) is 6.58 Å². The van der Waals surface area contributed by atoms with Crippen molar-refractivity contribution >= 4 is 0 Å². The van der Waals surface area contributed by atoms with Crippen LogP contribution in [-0.2, 0) is 6.54 Å². The Morgan fingerprint density at radius 3 is 2.80 bits per heavy atom. The third-order valence-corrected chi connectivity index (χ3v) is 2.93. The molecule has 0 bridgehead atoms. The van der Waals surface area contributed by atoms with Crippen molar-refractivity contribution in [3.63, 3.8) is 0 Å². The Bertz CT molecular complexity index is 323. The van der Waals surface area contributed by atoms with Crippen LogP contribution in [0.3, 0.4) is 0 Å². The lowest BCUT2D eigenvalue weighted by atomic mass is 10.2. The van der Waals surface area contributed by atoms with E-state index in [-0.39, 0.29) is 6.10 Å². The number of aliphatic hydroxyl groups is 1. The van der Waals surface area contributed by atoms with Crippen molar-refractivity contribution in [1.29, 1.82) is 0 Å². The monoisotopic (exact) mass is 203 g/mol. The van der Waals surface area contributed by atoms with Gasteiger partial charge in [0, 0.05) is 19.1 Å². The van der Waals surface area contributed by atoms with Gasteiger partial charge in [-0.3, -0.25) is 4.90 Å². The van der Waals surface area contributed by atoms with Crippen LogP contribution in [0.25, 0.3) is 0 Å². The summed E-state index contributed by atoms with van der Waals surface area (Å²) in [6.45, 7) is 5.47. The van der Waals surface area contributed by atoms with Crippen molar-refractivity contribution in [3.05, 3.63) is 48.6 Å². The maximum Gasteiger partial charge on any atom is 0.0685 e. The molecular weight excluding hydrogens is 186 g/mol. The minimum atomic E-state index is -0.197. The van der Waals surface area contributed by atoms with Crippen LogP contribution in [0.15, 0.2) is 43.0 Å². The minimum absolute atomic E-state index is 0.197. The van der Waals surface area contributed by atoms with E-state index in [9.17, 15) is 5.11 Å². The number of rotatable bonds is 3. The predicted octanol–water partition coefficient (Wildman–Crippen LogP) is 1.81. The van der Waals surface area contributed by atoms with Gasteiger partial charge in [0.2, 0.25) is 0 Å². The van der Waals surface area contributed by atoms with Gasteiger partial charge in [-0.1, -0.05) is 36.4 Å². The largest absolute Gasteiger partial charge is 0.392 e. The summed E-state index contributed by atoms with van der Waals surface area (Å²) < 4.78 is 0. The van der Waals surface area contributed by atoms with E-state index >= 15 is 0 Å². The molecule has 2 nitrogen and oxygen atoms in total. The van der Waals surface area contributed by atoms with E-state index in [1.165, 1.54) is 5.56 Å². The molecule has 1 aliphatic heterocycles. The third-order valence-electron chi connectivity index (χ3n) is 2.93. The quantitative estimate of drug-likeness (QED) is 0.757. The molecule has 0 radical (unpaired) electrons. The second-order valence-corrected chi connectivity index (χ2v) is 4.11. The molecule has 80 valence electrons. The average molecular weight is 203 g/mol. The van der Waals surface area contributed by atoms with E-state index in [0.29, 0.717) is 6.04 Å². The number of aliphatic hydroxyl groups excluding tert-OH is 1. The van der Waals surface area contributed by atoms with E-state index in [1.807, 2.05) is 24.3 Å². The van der Waals surface area contributed by atoms with Crippen LogP contribution in [0.5, 0.6) is 0 Å². The Morgan fingerprint density at radius 2 is 2.13 bits per heavy atom. The first-order valence-electron chi connectivity index (χ1n) is 5.38. The first kappa shape index (κ1) is 10.4. The molecule has 2 unspecified atom stereocenters. The van der Waals surface area contributed by atoms with Gasteiger partial charge in [-0.2, -0.15) is 0 Å². The molecule has 1 aromatic carbocycles. The Morgan fingerprint density at radius 1 is 1.40 bits per heavy atom. The van der Waals surface area contributed by atoms with Gasteiger partial charge in [0.1, 0.15) is 0 Å². The molecule has 1 aliphatic rings. The maximum absolute atomic E-state index is 9.59. The van der Waals surface area contributed by atoms with Crippen LogP contribution in [0.2, 0.25) is 0 Å². The van der Waals surface area contributed by atoms with E-state index in [4.69, 9.17) is 0 Å². The lowest BCUT2D eigenvalue weighted by Gasteiger charge is -2.21. The lowest BCUT2D eigenvalue weighted by Crippen LogP contribution is -2.27. The maximum atomic E-state index is 9.59. The van der Waals surface area contributed by atoms with Crippen molar-refractivity contribution in [2.45, 2.75) is 25.1 Å². The summed E-state index contributed by atoms with van der Waals surface area (Å²) in [6.07, 6.45) is 2.55. The summed E-state index contributed by atoms with van der Waals surface area (Å²) in [5.41, 5.74) is 1.29. The molecule has 1 saturated heterocycles. The molecule has 0 aromatic heterocycles. The van der Waals surface area contributed by atoms with Gasteiger partial charge in [0.05, 0.1) is 6.10 Å². The SMILES string of the molecule is C=CC1CC(O)CN1Cc1ccccc1. The van der Waals surface area contributed by atoms with Crippen molar-refractivity contribution in [1.82, 2.24) is 4.90 Å². The fourth-order valence-corrected chi connectivity index (χ4v) is 2.15. The van der Waals surface area contributed by atoms with E-state index in [2.05, 4.69) is 23.6 Å². The fraction of sp³-hybridized carbons (Fsp3) is 0.385. The summed E-state index contributed by atoms with van der Waals surface area (Å²) >= 11 is 0. The molecule has 1 aromatic rings. The fourth-order valence-electron chi connectivity index (χ4n) is 2.15. The Labute approximate surface area is 90.8 Å². The average Bonchev–Trinajstić information content (AvgIpc) is 2.60. The molecule has 1 heterocycles. The summed E-state index contributed by atoms with van der Waals surface area (Å²) in [7, 11) is 0. The molecule has 0 spiro atoms. The zero-order valence-corrected chi connectivity index (χ0v) is 8.84. The van der Waals surface area contributed by atoms with Crippen LogP contribution >= 0.6 is 0 Å². The number of benzene rings is 1. The Balaban J connectivity index is 2.02. The topological polar surface area (TPSA) is 23.5 Å². The number of likely N-dealkylation sites (tertiary alicyclic amines) is 1. The first-order chi connectivity index (χ1) is 7.29. The Hall–Kier alpha value is -1.12. The lowest BCUT2D eigenvalue weighted by molar-refractivity contribution is 0.174. The van der Waals surface area contributed by atoms with E-state index in [0.717, 1.165) is 19.5 Å². The molecule has 15 heavy (non-hydrogen) atoms. The van der Waals surface area contributed by atoms with Crippen LogP contribution in [0.1, 0.15) is 12.0 Å². The minimum Gasteiger partial charge on any atom is -0.392 e. The smallest absolute Gasteiger partial charge is 0.0685 e. The normalized spacial score (nSPS) is 26.7. The zero-order chi connectivity index (χ0) is 10.7. The molecule has 1 fully saturated rings. The molecule has 2 heteroatoms. The Kier molecular flexibility index (Phi) is 3.19. The number of hydrogen-bond acceptors (Lipinski definition) is 2. The van der Waals surface area contributed by atoms with Gasteiger partial charge in [0.15, 0.2) is 0 Å². The van der Waals surface area contributed by atoms with Crippen molar-refractivity contribution in [2.24, 2.45) is 0 Å². The highest BCUT2D eigenvalue weighted by Crippen LogP contribution is 2.20. The van der Waals surface area contributed by atoms with Gasteiger partial charge < -0.3 is 5.11 Å². The molecule has 0 saturated carbocycles. The highest BCUT2D eigenvalue weighted by Gasteiger charge is 2.28.